The van der Waals surface area contributed by atoms with Gasteiger partial charge in [0.1, 0.15) is 0 Å². The standard InChI is InChI=1S/C13H18O2/c1-4-6-10(5-2)11-7-9(3)8-12(14)13(11)15/h5,7-8,10,14-15H,2,4,6H2,1,3H3/t10-/m1/s1. The van der Waals surface area contributed by atoms with E-state index in [1.54, 1.807) is 6.07 Å². The molecule has 0 aliphatic rings. The lowest BCUT2D eigenvalue weighted by Gasteiger charge is -2.15. The second-order valence-corrected chi connectivity index (χ2v) is 3.85. The quantitative estimate of drug-likeness (QED) is 0.585. The molecule has 2 N–H and O–H groups in total. The highest BCUT2D eigenvalue weighted by Crippen LogP contribution is 2.37. The van der Waals surface area contributed by atoms with Crippen LogP contribution in [0.2, 0.25) is 0 Å². The summed E-state index contributed by atoms with van der Waals surface area (Å²) < 4.78 is 0. The fraction of sp³-hybridized carbons (Fsp3) is 0.385. The predicted molar refractivity (Wildman–Crippen MR) is 62.4 cm³/mol. The van der Waals surface area contributed by atoms with Gasteiger partial charge in [0.2, 0.25) is 0 Å². The normalized spacial score (nSPS) is 12.4. The maximum absolute atomic E-state index is 9.75. The average molecular weight is 206 g/mol. The van der Waals surface area contributed by atoms with Gasteiger partial charge >= 0.3 is 0 Å². The van der Waals surface area contributed by atoms with Crippen LogP contribution in [0.4, 0.5) is 0 Å². The summed E-state index contributed by atoms with van der Waals surface area (Å²) in [5, 5.41) is 19.3. The van der Waals surface area contributed by atoms with Gasteiger partial charge < -0.3 is 10.2 Å². The SMILES string of the molecule is C=C[C@H](CCC)c1cc(C)cc(O)c1O. The molecule has 0 bridgehead atoms. The number of aromatic hydroxyl groups is 2. The van der Waals surface area contributed by atoms with E-state index in [0.29, 0.717) is 0 Å². The van der Waals surface area contributed by atoms with Crippen LogP contribution in [0, 0.1) is 6.92 Å². The minimum Gasteiger partial charge on any atom is -0.504 e. The molecule has 0 aliphatic heterocycles. The lowest BCUT2D eigenvalue weighted by atomic mass is 9.92. The number of benzene rings is 1. The first-order valence-corrected chi connectivity index (χ1v) is 5.25. The Morgan fingerprint density at radius 2 is 2.07 bits per heavy atom. The molecule has 0 saturated carbocycles. The van der Waals surface area contributed by atoms with Crippen LogP contribution in [-0.4, -0.2) is 10.2 Å². The smallest absolute Gasteiger partial charge is 0.161 e. The Kier molecular flexibility index (Phi) is 3.78. The molecular formula is C13H18O2. The second-order valence-electron chi connectivity index (χ2n) is 3.85. The molecule has 1 atom stereocenters. The van der Waals surface area contributed by atoms with E-state index in [2.05, 4.69) is 13.5 Å². The van der Waals surface area contributed by atoms with Crippen LogP contribution in [0.3, 0.4) is 0 Å². The Morgan fingerprint density at radius 1 is 1.40 bits per heavy atom. The molecule has 82 valence electrons. The van der Waals surface area contributed by atoms with E-state index in [1.807, 2.05) is 19.1 Å². The predicted octanol–water partition coefficient (Wildman–Crippen LogP) is 3.48. The summed E-state index contributed by atoms with van der Waals surface area (Å²) in [6.45, 7) is 7.75. The van der Waals surface area contributed by atoms with E-state index in [1.165, 1.54) is 0 Å². The van der Waals surface area contributed by atoms with Gasteiger partial charge in [-0.1, -0.05) is 25.5 Å². The van der Waals surface area contributed by atoms with Gasteiger partial charge in [0, 0.05) is 11.5 Å². The third-order valence-corrected chi connectivity index (χ3v) is 2.55. The van der Waals surface area contributed by atoms with E-state index in [9.17, 15) is 10.2 Å². The van der Waals surface area contributed by atoms with Gasteiger partial charge in [-0.05, 0) is 25.0 Å². The van der Waals surface area contributed by atoms with E-state index < -0.39 is 0 Å². The number of phenolic OH excluding ortho intramolecular Hbond substituents is 2. The molecule has 0 aliphatic carbocycles. The number of aryl methyl sites for hydroxylation is 1. The lowest BCUT2D eigenvalue weighted by molar-refractivity contribution is 0.396. The van der Waals surface area contributed by atoms with Crippen molar-refractivity contribution >= 4 is 0 Å². The van der Waals surface area contributed by atoms with Crippen molar-refractivity contribution in [2.24, 2.45) is 0 Å². The fourth-order valence-corrected chi connectivity index (χ4v) is 1.78. The van der Waals surface area contributed by atoms with Crippen LogP contribution in [0.5, 0.6) is 11.5 Å². The highest BCUT2D eigenvalue weighted by atomic mass is 16.3. The van der Waals surface area contributed by atoms with Crippen LogP contribution in [0.15, 0.2) is 24.8 Å². The van der Waals surface area contributed by atoms with Gasteiger partial charge in [-0.3, -0.25) is 0 Å². The lowest BCUT2D eigenvalue weighted by Crippen LogP contribution is -1.96. The zero-order valence-electron chi connectivity index (χ0n) is 9.33. The Balaban J connectivity index is 3.16. The van der Waals surface area contributed by atoms with Crippen LogP contribution >= 0.6 is 0 Å². The van der Waals surface area contributed by atoms with Crippen molar-refractivity contribution in [1.82, 2.24) is 0 Å². The molecule has 0 aromatic heterocycles. The first-order valence-electron chi connectivity index (χ1n) is 5.25. The third kappa shape index (κ3) is 2.52. The highest BCUT2D eigenvalue weighted by Gasteiger charge is 2.14. The molecular weight excluding hydrogens is 188 g/mol. The molecule has 2 nitrogen and oxygen atoms in total. The molecule has 2 heteroatoms. The summed E-state index contributed by atoms with van der Waals surface area (Å²) in [5.74, 6) is 0.0488. The minimum absolute atomic E-state index is 0.0149. The van der Waals surface area contributed by atoms with Crippen molar-refractivity contribution in [2.45, 2.75) is 32.6 Å². The van der Waals surface area contributed by atoms with Crippen LogP contribution in [0.1, 0.15) is 36.8 Å². The third-order valence-electron chi connectivity index (χ3n) is 2.55. The van der Waals surface area contributed by atoms with Gasteiger partial charge in [0.15, 0.2) is 11.5 Å². The Hall–Kier alpha value is -1.44. The van der Waals surface area contributed by atoms with E-state index in [4.69, 9.17) is 0 Å². The molecule has 0 spiro atoms. The van der Waals surface area contributed by atoms with Gasteiger partial charge in [-0.15, -0.1) is 6.58 Å². The maximum atomic E-state index is 9.75. The Labute approximate surface area is 90.9 Å². The molecule has 0 heterocycles. The van der Waals surface area contributed by atoms with Gasteiger partial charge in [-0.25, -0.2) is 0 Å². The first-order chi connectivity index (χ1) is 7.10. The largest absolute Gasteiger partial charge is 0.504 e. The molecule has 1 aromatic rings. The van der Waals surface area contributed by atoms with E-state index in [-0.39, 0.29) is 17.4 Å². The summed E-state index contributed by atoms with van der Waals surface area (Å²) in [4.78, 5) is 0. The van der Waals surface area contributed by atoms with Gasteiger partial charge in [0.05, 0.1) is 0 Å². The molecule has 0 fully saturated rings. The fourth-order valence-electron chi connectivity index (χ4n) is 1.78. The molecule has 0 saturated heterocycles. The minimum atomic E-state index is -0.0482. The number of rotatable bonds is 4. The van der Waals surface area contributed by atoms with Gasteiger partial charge in [-0.2, -0.15) is 0 Å². The average Bonchev–Trinajstić information content (AvgIpc) is 2.20. The molecule has 0 radical (unpaired) electrons. The topological polar surface area (TPSA) is 40.5 Å². The number of hydrogen-bond acceptors (Lipinski definition) is 2. The maximum Gasteiger partial charge on any atom is 0.161 e. The molecule has 0 amide bonds. The van der Waals surface area contributed by atoms with Crippen LogP contribution in [0.25, 0.3) is 0 Å². The monoisotopic (exact) mass is 206 g/mol. The summed E-state index contributed by atoms with van der Waals surface area (Å²) in [7, 11) is 0. The van der Waals surface area contributed by atoms with Crippen LogP contribution < -0.4 is 0 Å². The Morgan fingerprint density at radius 3 is 2.60 bits per heavy atom. The van der Waals surface area contributed by atoms with Crippen molar-refractivity contribution in [1.29, 1.82) is 0 Å². The van der Waals surface area contributed by atoms with E-state index >= 15 is 0 Å². The van der Waals surface area contributed by atoms with Gasteiger partial charge in [0.25, 0.3) is 0 Å². The van der Waals surface area contributed by atoms with Crippen LogP contribution in [-0.2, 0) is 0 Å². The number of allylic oxidation sites excluding steroid dienone is 1. The van der Waals surface area contributed by atoms with Crippen molar-refractivity contribution in [3.63, 3.8) is 0 Å². The van der Waals surface area contributed by atoms with Crippen molar-refractivity contribution in [3.8, 4) is 11.5 Å². The molecule has 1 aromatic carbocycles. The highest BCUT2D eigenvalue weighted by molar-refractivity contribution is 5.49. The zero-order chi connectivity index (χ0) is 11.4. The zero-order valence-corrected chi connectivity index (χ0v) is 9.33. The summed E-state index contributed by atoms with van der Waals surface area (Å²) in [6, 6.07) is 3.46. The molecule has 1 rings (SSSR count). The van der Waals surface area contributed by atoms with E-state index in [0.717, 1.165) is 24.0 Å². The molecule has 15 heavy (non-hydrogen) atoms. The van der Waals surface area contributed by atoms with Crippen molar-refractivity contribution < 1.29 is 10.2 Å². The van der Waals surface area contributed by atoms with Crippen molar-refractivity contribution in [2.75, 3.05) is 0 Å². The Bertz CT molecular complexity index is 356. The molecule has 0 unspecified atom stereocenters. The second kappa shape index (κ2) is 4.87. The van der Waals surface area contributed by atoms with Crippen molar-refractivity contribution in [3.05, 3.63) is 35.9 Å². The summed E-state index contributed by atoms with van der Waals surface area (Å²) in [6.07, 6.45) is 3.77. The number of hydrogen-bond donors (Lipinski definition) is 2. The summed E-state index contributed by atoms with van der Waals surface area (Å²) >= 11 is 0. The summed E-state index contributed by atoms with van der Waals surface area (Å²) in [5.41, 5.74) is 1.72. The first kappa shape index (κ1) is 11.6. The number of phenols is 2.